The monoisotopic (exact) mass is 560 g/mol. The summed E-state index contributed by atoms with van der Waals surface area (Å²) in [5.74, 6) is 0.128. The van der Waals surface area contributed by atoms with Gasteiger partial charge in [0.05, 0.1) is 40.4 Å². The van der Waals surface area contributed by atoms with Crippen molar-refractivity contribution < 1.29 is 27.5 Å². The van der Waals surface area contributed by atoms with Gasteiger partial charge in [-0.15, -0.1) is 11.3 Å². The summed E-state index contributed by atoms with van der Waals surface area (Å²) in [5.41, 5.74) is 0.561. The topological polar surface area (TPSA) is 113 Å². The van der Waals surface area contributed by atoms with Crippen molar-refractivity contribution in [3.05, 3.63) is 75.8 Å². The van der Waals surface area contributed by atoms with Crippen LogP contribution in [0.2, 0.25) is 0 Å². The molecule has 3 aromatic heterocycles. The van der Waals surface area contributed by atoms with Crippen LogP contribution >= 0.6 is 11.3 Å². The van der Waals surface area contributed by atoms with Crippen LogP contribution in [0.15, 0.2) is 48.0 Å². The van der Waals surface area contributed by atoms with Gasteiger partial charge in [-0.1, -0.05) is 12.1 Å². The first-order valence-corrected chi connectivity index (χ1v) is 12.9. The summed E-state index contributed by atoms with van der Waals surface area (Å²) < 4.78 is 43.6. The number of hydrogen-bond acceptors (Lipinski definition) is 7. The normalized spacial score (nSPS) is 11.9. The van der Waals surface area contributed by atoms with Crippen molar-refractivity contribution >= 4 is 34.4 Å². The van der Waals surface area contributed by atoms with Crippen LogP contribution in [0.25, 0.3) is 11.0 Å². The molecule has 0 aliphatic rings. The molecule has 0 bridgehead atoms. The lowest BCUT2D eigenvalue weighted by atomic mass is 10.2. The lowest BCUT2D eigenvalue weighted by molar-refractivity contribution is -0.137. The van der Waals surface area contributed by atoms with Crippen LogP contribution in [0.4, 0.5) is 18.0 Å². The number of ether oxygens (including phenoxy) is 1. The van der Waals surface area contributed by atoms with Crippen molar-refractivity contribution in [3.8, 4) is 0 Å². The van der Waals surface area contributed by atoms with Crippen molar-refractivity contribution in [1.29, 1.82) is 0 Å². The molecule has 4 aromatic rings. The van der Waals surface area contributed by atoms with Gasteiger partial charge in [-0.05, 0) is 45.0 Å². The van der Waals surface area contributed by atoms with Crippen molar-refractivity contribution in [3.63, 3.8) is 0 Å². The second-order valence-corrected chi connectivity index (χ2v) is 10.6. The van der Waals surface area contributed by atoms with Gasteiger partial charge in [0, 0.05) is 24.5 Å². The minimum absolute atomic E-state index is 0.0479. The molecular weight excluding hydrogens is 533 g/mol. The van der Waals surface area contributed by atoms with Crippen LogP contribution in [0.5, 0.6) is 0 Å². The standard InChI is InChI=1S/C26H27F3N6O3S/c1-25(2,3)38-24(37)35(14-21-32-18-6-4-5-7-19(18)33-21)11-10-22-34-20(15-39-22)23(36)31-13-17-9-8-16(12-30-17)26(27,28)29/h4-9,12,15H,10-11,13-14H2,1-3H3,(H,31,36)(H,32,33). The summed E-state index contributed by atoms with van der Waals surface area (Å²) in [4.78, 5) is 42.8. The van der Waals surface area contributed by atoms with Crippen LogP contribution in [0, 0.1) is 0 Å². The number of para-hydroxylation sites is 2. The summed E-state index contributed by atoms with van der Waals surface area (Å²) in [6.07, 6.45) is -3.87. The summed E-state index contributed by atoms with van der Waals surface area (Å²) in [7, 11) is 0. The van der Waals surface area contributed by atoms with Gasteiger partial charge in [0.25, 0.3) is 5.91 Å². The molecule has 0 spiro atoms. The number of imidazole rings is 1. The largest absolute Gasteiger partial charge is 0.444 e. The molecule has 1 aromatic carbocycles. The fourth-order valence-corrected chi connectivity index (χ4v) is 4.31. The lowest BCUT2D eigenvalue weighted by Crippen LogP contribution is -2.38. The number of H-pyrrole nitrogens is 1. The third-order valence-corrected chi connectivity index (χ3v) is 6.30. The highest BCUT2D eigenvalue weighted by Crippen LogP contribution is 2.28. The molecule has 0 radical (unpaired) electrons. The molecule has 206 valence electrons. The van der Waals surface area contributed by atoms with E-state index in [0.717, 1.165) is 23.3 Å². The number of amides is 2. The van der Waals surface area contributed by atoms with E-state index in [2.05, 4.69) is 25.3 Å². The molecule has 39 heavy (non-hydrogen) atoms. The number of aromatic nitrogens is 4. The fraction of sp³-hybridized carbons (Fsp3) is 0.346. The van der Waals surface area contributed by atoms with Crippen LogP contribution in [-0.2, 0) is 30.4 Å². The van der Waals surface area contributed by atoms with E-state index in [1.54, 1.807) is 26.2 Å². The molecule has 0 atom stereocenters. The zero-order valence-electron chi connectivity index (χ0n) is 21.5. The Morgan fingerprint density at radius 2 is 1.87 bits per heavy atom. The van der Waals surface area contributed by atoms with Crippen LogP contribution in [0.1, 0.15) is 53.3 Å². The van der Waals surface area contributed by atoms with Gasteiger partial charge < -0.3 is 19.9 Å². The molecule has 0 aliphatic carbocycles. The fourth-order valence-electron chi connectivity index (χ4n) is 3.54. The molecule has 0 fully saturated rings. The molecule has 13 heteroatoms. The highest BCUT2D eigenvalue weighted by Gasteiger charge is 2.30. The van der Waals surface area contributed by atoms with Gasteiger partial charge in [-0.25, -0.2) is 14.8 Å². The molecule has 0 saturated carbocycles. The maximum Gasteiger partial charge on any atom is 0.417 e. The zero-order chi connectivity index (χ0) is 28.2. The third kappa shape index (κ3) is 7.76. The highest BCUT2D eigenvalue weighted by molar-refractivity contribution is 7.09. The molecule has 4 rings (SSSR count). The Morgan fingerprint density at radius 3 is 2.54 bits per heavy atom. The number of nitrogens with zero attached hydrogens (tertiary/aromatic N) is 4. The maximum absolute atomic E-state index is 12.9. The predicted molar refractivity (Wildman–Crippen MR) is 139 cm³/mol. The van der Waals surface area contributed by atoms with Crippen molar-refractivity contribution in [2.45, 2.75) is 52.1 Å². The van der Waals surface area contributed by atoms with E-state index in [-0.39, 0.29) is 31.0 Å². The number of hydrogen-bond donors (Lipinski definition) is 2. The smallest absolute Gasteiger partial charge is 0.417 e. The molecular formula is C26H27F3N6O3S. The number of benzene rings is 1. The van der Waals surface area contributed by atoms with Crippen molar-refractivity contribution in [2.75, 3.05) is 6.54 Å². The summed E-state index contributed by atoms with van der Waals surface area (Å²) in [6, 6.07) is 9.68. The highest BCUT2D eigenvalue weighted by atomic mass is 32.1. The van der Waals surface area contributed by atoms with Crippen LogP contribution < -0.4 is 5.32 Å². The molecule has 2 N–H and O–H groups in total. The summed E-state index contributed by atoms with van der Waals surface area (Å²) in [5, 5.41) is 4.82. The maximum atomic E-state index is 12.9. The number of alkyl halides is 3. The van der Waals surface area contributed by atoms with Gasteiger partial charge in [-0.3, -0.25) is 9.78 Å². The molecule has 2 amide bonds. The number of thiazole rings is 1. The number of aromatic amines is 1. The molecule has 3 heterocycles. The summed E-state index contributed by atoms with van der Waals surface area (Å²) in [6.45, 7) is 5.79. The van der Waals surface area contributed by atoms with Crippen molar-refractivity contribution in [1.82, 2.24) is 30.2 Å². The Bertz CT molecular complexity index is 1410. The number of halogens is 3. The average molecular weight is 561 g/mol. The van der Waals surface area contributed by atoms with E-state index in [9.17, 15) is 22.8 Å². The Balaban J connectivity index is 1.37. The minimum atomic E-state index is -4.48. The van der Waals surface area contributed by atoms with Gasteiger partial charge in [-0.2, -0.15) is 13.2 Å². The van der Waals surface area contributed by atoms with E-state index in [1.807, 2.05) is 24.3 Å². The first kappa shape index (κ1) is 28.0. The molecule has 0 saturated heterocycles. The van der Waals surface area contributed by atoms with Crippen LogP contribution in [0.3, 0.4) is 0 Å². The second kappa shape index (κ2) is 11.4. The average Bonchev–Trinajstić information content (AvgIpc) is 3.50. The Labute approximate surface area is 226 Å². The van der Waals surface area contributed by atoms with Gasteiger partial charge in [0.15, 0.2) is 0 Å². The van der Waals surface area contributed by atoms with Gasteiger partial charge in [0.2, 0.25) is 0 Å². The molecule has 0 unspecified atom stereocenters. The zero-order valence-corrected chi connectivity index (χ0v) is 22.3. The minimum Gasteiger partial charge on any atom is -0.444 e. The first-order chi connectivity index (χ1) is 18.4. The van der Waals surface area contributed by atoms with E-state index in [1.165, 1.54) is 22.3 Å². The van der Waals surface area contributed by atoms with E-state index >= 15 is 0 Å². The number of fused-ring (bicyclic) bond motifs is 1. The molecule has 9 nitrogen and oxygen atoms in total. The predicted octanol–water partition coefficient (Wildman–Crippen LogP) is 5.34. The molecule has 0 aliphatic heterocycles. The Morgan fingerprint density at radius 1 is 1.10 bits per heavy atom. The SMILES string of the molecule is CC(C)(C)OC(=O)N(CCc1nc(C(=O)NCc2ccc(C(F)(F)F)cn2)cs1)Cc1nc2ccccc2[nH]1. The third-order valence-electron chi connectivity index (χ3n) is 5.39. The first-order valence-electron chi connectivity index (χ1n) is 12.0. The van der Waals surface area contributed by atoms with Gasteiger partial charge >= 0.3 is 12.3 Å². The lowest BCUT2D eigenvalue weighted by Gasteiger charge is -2.26. The number of pyridine rings is 1. The summed E-state index contributed by atoms with van der Waals surface area (Å²) >= 11 is 1.27. The number of nitrogens with one attached hydrogen (secondary N) is 2. The van der Waals surface area contributed by atoms with E-state index in [4.69, 9.17) is 4.74 Å². The van der Waals surface area contributed by atoms with Crippen molar-refractivity contribution in [2.24, 2.45) is 0 Å². The quantitative estimate of drug-likeness (QED) is 0.301. The Hall–Kier alpha value is -4.00. The Kier molecular flexibility index (Phi) is 8.19. The number of carbonyl (C=O) groups excluding carboxylic acids is 2. The van der Waals surface area contributed by atoms with Crippen LogP contribution in [-0.4, -0.2) is 49.0 Å². The second-order valence-electron chi connectivity index (χ2n) is 9.70. The number of carbonyl (C=O) groups is 2. The van der Waals surface area contributed by atoms with Gasteiger partial charge in [0.1, 0.15) is 17.1 Å². The van der Waals surface area contributed by atoms with E-state index < -0.39 is 29.3 Å². The number of rotatable bonds is 8. The van der Waals surface area contributed by atoms with E-state index in [0.29, 0.717) is 17.3 Å².